The Balaban J connectivity index is 1.65. The highest BCUT2D eigenvalue weighted by atomic mass is 32.2. The number of hydrogen-bond donors (Lipinski definition) is 0. The van der Waals surface area contributed by atoms with Crippen LogP contribution in [-0.4, -0.2) is 19.4 Å². The summed E-state index contributed by atoms with van der Waals surface area (Å²) in [7, 11) is 1.97. The number of carbonyl (C=O) groups excluding carboxylic acids is 1. The molecule has 0 saturated carbocycles. The molecule has 2 aromatic carbocycles. The maximum absolute atomic E-state index is 12.1. The fraction of sp³-hybridized carbons (Fsp3) is 0.167. The van der Waals surface area contributed by atoms with Crippen molar-refractivity contribution in [3.63, 3.8) is 0 Å². The van der Waals surface area contributed by atoms with Crippen LogP contribution in [0.5, 0.6) is 5.75 Å². The number of nitrogens with zero attached hydrogens (tertiary/aromatic N) is 1. The minimum atomic E-state index is -0.0383. The van der Waals surface area contributed by atoms with Crippen LogP contribution in [-0.2, 0) is 4.79 Å². The van der Waals surface area contributed by atoms with Gasteiger partial charge in [-0.2, -0.15) is 0 Å². The lowest BCUT2D eigenvalue weighted by Gasteiger charge is -2.13. The molecule has 112 valence electrons. The molecule has 0 N–H and O–H groups in total. The minimum absolute atomic E-state index is 0.0383. The van der Waals surface area contributed by atoms with Gasteiger partial charge in [-0.05, 0) is 36.8 Å². The number of aryl methyl sites for hydroxylation is 1. The van der Waals surface area contributed by atoms with Crippen LogP contribution in [0.4, 0.5) is 5.69 Å². The first kappa shape index (κ1) is 14.7. The lowest BCUT2D eigenvalue weighted by atomic mass is 10.2. The molecule has 1 aliphatic heterocycles. The van der Waals surface area contributed by atoms with Gasteiger partial charge in [0.25, 0.3) is 0 Å². The van der Waals surface area contributed by atoms with Gasteiger partial charge < -0.3 is 9.64 Å². The molecule has 0 aliphatic carbocycles. The molecular formula is C18H17NO2S. The highest BCUT2D eigenvalue weighted by Crippen LogP contribution is 2.44. The summed E-state index contributed by atoms with van der Waals surface area (Å²) < 4.78 is 5.55. The van der Waals surface area contributed by atoms with Gasteiger partial charge in [-0.15, -0.1) is 0 Å². The largest absolute Gasteiger partial charge is 0.485 e. The fourth-order valence-electron chi connectivity index (χ4n) is 2.29. The predicted octanol–water partition coefficient (Wildman–Crippen LogP) is 4.03. The molecule has 1 heterocycles. The molecule has 0 fully saturated rings. The van der Waals surface area contributed by atoms with Crippen LogP contribution in [0.25, 0.3) is 0 Å². The molecule has 22 heavy (non-hydrogen) atoms. The molecule has 0 aromatic heterocycles. The van der Waals surface area contributed by atoms with Crippen molar-refractivity contribution in [3.05, 3.63) is 65.2 Å². The minimum Gasteiger partial charge on any atom is -0.485 e. The maximum atomic E-state index is 12.1. The van der Waals surface area contributed by atoms with Crippen LogP contribution >= 0.6 is 11.8 Å². The number of hydrogen-bond acceptors (Lipinski definition) is 4. The van der Waals surface area contributed by atoms with Crippen LogP contribution < -0.4 is 9.64 Å². The molecular weight excluding hydrogens is 294 g/mol. The predicted molar refractivity (Wildman–Crippen MR) is 90.5 cm³/mol. The second-order valence-corrected chi connectivity index (χ2v) is 6.25. The second-order valence-electron chi connectivity index (χ2n) is 5.18. The Kier molecular flexibility index (Phi) is 4.20. The third-order valence-electron chi connectivity index (χ3n) is 3.43. The lowest BCUT2D eigenvalue weighted by molar-refractivity contribution is -0.116. The molecule has 0 unspecified atom stereocenters. The average molecular weight is 311 g/mol. The van der Waals surface area contributed by atoms with E-state index in [0.29, 0.717) is 0 Å². The highest BCUT2D eigenvalue weighted by Gasteiger charge is 2.21. The Hall–Kier alpha value is -2.20. The zero-order valence-electron chi connectivity index (χ0n) is 12.6. The number of thioether (sulfide) groups is 1. The van der Waals surface area contributed by atoms with Crippen LogP contribution in [0.3, 0.4) is 0 Å². The van der Waals surface area contributed by atoms with Crippen molar-refractivity contribution < 1.29 is 9.53 Å². The molecule has 3 rings (SSSR count). The fourth-order valence-corrected chi connectivity index (χ4v) is 3.39. The summed E-state index contributed by atoms with van der Waals surface area (Å²) in [5.41, 5.74) is 2.25. The van der Waals surface area contributed by atoms with E-state index >= 15 is 0 Å². The Morgan fingerprint density at radius 3 is 2.82 bits per heavy atom. The third-order valence-corrected chi connectivity index (χ3v) is 4.59. The van der Waals surface area contributed by atoms with E-state index in [0.717, 1.165) is 22.0 Å². The average Bonchev–Trinajstić information content (AvgIpc) is 2.82. The zero-order valence-corrected chi connectivity index (χ0v) is 13.4. The quantitative estimate of drug-likeness (QED) is 0.798. The number of ketones is 1. The molecule has 2 aromatic rings. The normalized spacial score (nSPS) is 15.0. The summed E-state index contributed by atoms with van der Waals surface area (Å²) in [5, 5.41) is 0.930. The Labute approximate surface area is 134 Å². The maximum Gasteiger partial charge on any atom is 0.195 e. The van der Waals surface area contributed by atoms with Gasteiger partial charge in [-0.1, -0.05) is 36.0 Å². The first-order chi connectivity index (χ1) is 10.6. The Morgan fingerprint density at radius 2 is 2.05 bits per heavy atom. The first-order valence-corrected chi connectivity index (χ1v) is 7.90. The Bertz CT molecular complexity index is 739. The van der Waals surface area contributed by atoms with Crippen molar-refractivity contribution in [2.24, 2.45) is 0 Å². The summed E-state index contributed by atoms with van der Waals surface area (Å²) in [4.78, 5) is 15.3. The summed E-state index contributed by atoms with van der Waals surface area (Å²) in [6.45, 7) is 2.05. The number of carbonyl (C=O) groups is 1. The summed E-state index contributed by atoms with van der Waals surface area (Å²) in [6, 6.07) is 15.8. The van der Waals surface area contributed by atoms with Crippen molar-refractivity contribution in [2.45, 2.75) is 11.8 Å². The summed E-state index contributed by atoms with van der Waals surface area (Å²) >= 11 is 1.61. The van der Waals surface area contributed by atoms with E-state index < -0.39 is 0 Å². The zero-order chi connectivity index (χ0) is 15.5. The van der Waals surface area contributed by atoms with Crippen molar-refractivity contribution in [1.82, 2.24) is 0 Å². The molecule has 0 bridgehead atoms. The molecule has 4 heteroatoms. The van der Waals surface area contributed by atoms with Gasteiger partial charge in [-0.3, -0.25) is 4.79 Å². The van der Waals surface area contributed by atoms with E-state index in [1.807, 2.05) is 55.3 Å². The molecule has 3 nitrogen and oxygen atoms in total. The van der Waals surface area contributed by atoms with E-state index in [2.05, 4.69) is 12.1 Å². The molecule has 0 spiro atoms. The van der Waals surface area contributed by atoms with Crippen LogP contribution in [0.2, 0.25) is 0 Å². The van der Waals surface area contributed by atoms with Gasteiger partial charge in [0.1, 0.15) is 5.75 Å². The third kappa shape index (κ3) is 3.17. The molecule has 1 aliphatic rings. The topological polar surface area (TPSA) is 29.5 Å². The number of benzene rings is 2. The number of ether oxygens (including phenoxy) is 1. The van der Waals surface area contributed by atoms with Crippen LogP contribution in [0.15, 0.2) is 64.5 Å². The van der Waals surface area contributed by atoms with Gasteiger partial charge in [-0.25, -0.2) is 0 Å². The Morgan fingerprint density at radius 1 is 1.23 bits per heavy atom. The summed E-state index contributed by atoms with van der Waals surface area (Å²) in [6.07, 6.45) is 1.65. The van der Waals surface area contributed by atoms with E-state index in [1.54, 1.807) is 17.8 Å². The van der Waals surface area contributed by atoms with E-state index in [-0.39, 0.29) is 12.4 Å². The second kappa shape index (κ2) is 6.28. The monoisotopic (exact) mass is 311 g/mol. The standard InChI is InChI=1S/C18H17NO2S/c1-13-6-5-7-15(10-13)21-12-14(20)11-18-19(2)16-8-3-4-9-17(16)22-18/h3-11H,12H2,1-2H3/b18-11+. The smallest absolute Gasteiger partial charge is 0.195 e. The van der Waals surface area contributed by atoms with Crippen LogP contribution in [0, 0.1) is 6.92 Å². The molecule has 0 atom stereocenters. The van der Waals surface area contributed by atoms with Gasteiger partial charge >= 0.3 is 0 Å². The van der Waals surface area contributed by atoms with Crippen molar-refractivity contribution in [1.29, 1.82) is 0 Å². The SMILES string of the molecule is Cc1cccc(OCC(=O)/C=C2/Sc3ccccc3N2C)c1. The van der Waals surface area contributed by atoms with Crippen molar-refractivity contribution in [3.8, 4) is 5.75 Å². The molecule has 0 radical (unpaired) electrons. The molecule has 0 saturated heterocycles. The van der Waals surface area contributed by atoms with E-state index in [4.69, 9.17) is 4.74 Å². The van der Waals surface area contributed by atoms with Crippen LogP contribution in [0.1, 0.15) is 5.56 Å². The van der Waals surface area contributed by atoms with Gasteiger partial charge in [0.05, 0.1) is 10.7 Å². The first-order valence-electron chi connectivity index (χ1n) is 7.08. The number of fused-ring (bicyclic) bond motifs is 1. The molecule has 0 amide bonds. The van der Waals surface area contributed by atoms with Gasteiger partial charge in [0.15, 0.2) is 12.4 Å². The van der Waals surface area contributed by atoms with Gasteiger partial charge in [0, 0.05) is 18.0 Å². The number of anilines is 1. The van der Waals surface area contributed by atoms with Crippen molar-refractivity contribution in [2.75, 3.05) is 18.6 Å². The van der Waals surface area contributed by atoms with Crippen molar-refractivity contribution >= 4 is 23.2 Å². The highest BCUT2D eigenvalue weighted by molar-refractivity contribution is 8.03. The van der Waals surface area contributed by atoms with Gasteiger partial charge in [0.2, 0.25) is 0 Å². The lowest BCUT2D eigenvalue weighted by Crippen LogP contribution is -2.14. The van der Waals surface area contributed by atoms with E-state index in [9.17, 15) is 4.79 Å². The van der Waals surface area contributed by atoms with E-state index in [1.165, 1.54) is 4.90 Å². The number of para-hydroxylation sites is 1. The summed E-state index contributed by atoms with van der Waals surface area (Å²) in [5.74, 6) is 0.686. The number of rotatable bonds is 4.